The van der Waals surface area contributed by atoms with E-state index >= 15 is 0 Å². The van der Waals surface area contributed by atoms with Crippen LogP contribution < -0.4 is 10.6 Å². The molecule has 1 saturated heterocycles. The van der Waals surface area contributed by atoms with Gasteiger partial charge in [-0.1, -0.05) is 35.5 Å². The number of nitrogens with one attached hydrogen (secondary N) is 2. The summed E-state index contributed by atoms with van der Waals surface area (Å²) in [4.78, 5) is 22.6. The summed E-state index contributed by atoms with van der Waals surface area (Å²) in [6.45, 7) is 4.43. The minimum absolute atomic E-state index is 0.225. The van der Waals surface area contributed by atoms with E-state index in [1.54, 1.807) is 14.0 Å². The molecule has 2 heterocycles. The number of carbonyl (C=O) groups excluding carboxylic acids is 1. The number of rotatable bonds is 7. The minimum atomic E-state index is 0.225. The van der Waals surface area contributed by atoms with Gasteiger partial charge in [-0.05, 0) is 12.0 Å². The van der Waals surface area contributed by atoms with E-state index in [2.05, 4.69) is 37.9 Å². The Balaban J connectivity index is 1.40. The zero-order valence-electron chi connectivity index (χ0n) is 15.8. The third-order valence-corrected chi connectivity index (χ3v) is 4.57. The molecule has 2 N–H and O–H groups in total. The average Bonchev–Trinajstić information content (AvgIpc) is 3.26. The van der Waals surface area contributed by atoms with Gasteiger partial charge < -0.3 is 20.1 Å². The summed E-state index contributed by atoms with van der Waals surface area (Å²) in [6.07, 6.45) is 1.46. The summed E-state index contributed by atoms with van der Waals surface area (Å²) in [5, 5.41) is 10.3. The number of amides is 1. The molecule has 0 aliphatic carbocycles. The van der Waals surface area contributed by atoms with E-state index in [0.29, 0.717) is 37.2 Å². The SMILES string of the molecule is CN=C(NCc1noc(C)n1)NCC1CC(=O)N(CCc2ccccc2)C1. The molecule has 0 spiro atoms. The molecule has 1 atom stereocenters. The van der Waals surface area contributed by atoms with Crippen LogP contribution in [-0.4, -0.2) is 53.6 Å². The van der Waals surface area contributed by atoms with Crippen molar-refractivity contribution < 1.29 is 9.32 Å². The highest BCUT2D eigenvalue weighted by molar-refractivity contribution is 5.80. The molecule has 8 nitrogen and oxygen atoms in total. The summed E-state index contributed by atoms with van der Waals surface area (Å²) in [6, 6.07) is 10.3. The minimum Gasteiger partial charge on any atom is -0.356 e. The quantitative estimate of drug-likeness (QED) is 0.560. The van der Waals surface area contributed by atoms with Crippen LogP contribution in [-0.2, 0) is 17.8 Å². The number of aromatic nitrogens is 2. The van der Waals surface area contributed by atoms with Gasteiger partial charge in [0.1, 0.15) is 0 Å². The second kappa shape index (κ2) is 9.16. The van der Waals surface area contributed by atoms with E-state index in [4.69, 9.17) is 4.52 Å². The Labute approximate surface area is 159 Å². The Kier molecular flexibility index (Phi) is 6.40. The average molecular weight is 370 g/mol. The lowest BCUT2D eigenvalue weighted by molar-refractivity contribution is -0.127. The number of guanidine groups is 1. The standard InChI is InChI=1S/C19H26N6O2/c1-14-23-17(24-27-14)12-22-19(20-2)21-11-16-10-18(26)25(13-16)9-8-15-6-4-3-5-7-15/h3-7,16H,8-13H2,1-2H3,(H2,20,21,22). The van der Waals surface area contributed by atoms with Gasteiger partial charge >= 0.3 is 0 Å². The monoisotopic (exact) mass is 370 g/mol. The predicted molar refractivity (Wildman–Crippen MR) is 102 cm³/mol. The Morgan fingerprint density at radius 3 is 2.85 bits per heavy atom. The van der Waals surface area contributed by atoms with Gasteiger partial charge in [0, 0.05) is 45.9 Å². The highest BCUT2D eigenvalue weighted by Gasteiger charge is 2.29. The Morgan fingerprint density at radius 2 is 2.15 bits per heavy atom. The number of nitrogens with zero attached hydrogens (tertiary/aromatic N) is 4. The summed E-state index contributed by atoms with van der Waals surface area (Å²) in [5.41, 5.74) is 1.26. The van der Waals surface area contributed by atoms with Gasteiger partial charge in [0.05, 0.1) is 6.54 Å². The van der Waals surface area contributed by atoms with Crippen molar-refractivity contribution in [1.82, 2.24) is 25.7 Å². The highest BCUT2D eigenvalue weighted by Crippen LogP contribution is 2.17. The second-order valence-corrected chi connectivity index (χ2v) is 6.68. The number of likely N-dealkylation sites (tertiary alicyclic amines) is 1. The molecule has 1 aliphatic rings. The van der Waals surface area contributed by atoms with Gasteiger partial charge in [0.2, 0.25) is 11.8 Å². The Bertz CT molecular complexity index is 774. The van der Waals surface area contributed by atoms with Crippen LogP contribution >= 0.6 is 0 Å². The van der Waals surface area contributed by atoms with E-state index in [1.807, 2.05) is 23.1 Å². The summed E-state index contributed by atoms with van der Waals surface area (Å²) < 4.78 is 4.95. The van der Waals surface area contributed by atoms with E-state index in [-0.39, 0.29) is 11.8 Å². The van der Waals surface area contributed by atoms with Gasteiger partial charge in [-0.3, -0.25) is 9.79 Å². The van der Waals surface area contributed by atoms with Crippen LogP contribution in [0.3, 0.4) is 0 Å². The lowest BCUT2D eigenvalue weighted by atomic mass is 10.1. The van der Waals surface area contributed by atoms with E-state index in [1.165, 1.54) is 5.56 Å². The van der Waals surface area contributed by atoms with E-state index in [9.17, 15) is 4.79 Å². The molecule has 1 aromatic carbocycles. The summed E-state index contributed by atoms with van der Waals surface area (Å²) in [7, 11) is 1.71. The molecule has 0 radical (unpaired) electrons. The molecule has 144 valence electrons. The molecule has 1 aliphatic heterocycles. The number of aliphatic imine (C=N–C) groups is 1. The number of hydrogen-bond donors (Lipinski definition) is 2. The van der Waals surface area contributed by atoms with Crippen LogP contribution in [0.5, 0.6) is 0 Å². The zero-order valence-corrected chi connectivity index (χ0v) is 15.8. The largest absolute Gasteiger partial charge is 0.356 e. The molecular formula is C19H26N6O2. The van der Waals surface area contributed by atoms with Crippen LogP contribution in [0.2, 0.25) is 0 Å². The molecule has 1 amide bonds. The van der Waals surface area contributed by atoms with Gasteiger partial charge in [-0.15, -0.1) is 0 Å². The normalized spacial score (nSPS) is 17.4. The van der Waals surface area contributed by atoms with Crippen LogP contribution in [0.15, 0.2) is 39.8 Å². The molecule has 0 bridgehead atoms. The van der Waals surface area contributed by atoms with Crippen LogP contribution in [0.4, 0.5) is 0 Å². The van der Waals surface area contributed by atoms with Gasteiger partial charge in [0.15, 0.2) is 11.8 Å². The number of benzene rings is 1. The third kappa shape index (κ3) is 5.54. The van der Waals surface area contributed by atoms with E-state index < -0.39 is 0 Å². The lowest BCUT2D eigenvalue weighted by Gasteiger charge is -2.17. The molecule has 3 rings (SSSR count). The smallest absolute Gasteiger partial charge is 0.223 e. The van der Waals surface area contributed by atoms with E-state index in [0.717, 1.165) is 19.5 Å². The van der Waals surface area contributed by atoms with Crippen molar-refractivity contribution in [2.24, 2.45) is 10.9 Å². The van der Waals surface area contributed by atoms with Crippen molar-refractivity contribution in [3.8, 4) is 0 Å². The first-order valence-corrected chi connectivity index (χ1v) is 9.19. The van der Waals surface area contributed by atoms with Crippen molar-refractivity contribution in [1.29, 1.82) is 0 Å². The Morgan fingerprint density at radius 1 is 1.33 bits per heavy atom. The molecular weight excluding hydrogens is 344 g/mol. The third-order valence-electron chi connectivity index (χ3n) is 4.57. The first-order chi connectivity index (χ1) is 13.1. The van der Waals surface area contributed by atoms with Crippen LogP contribution in [0.25, 0.3) is 0 Å². The van der Waals surface area contributed by atoms with Crippen molar-refractivity contribution in [3.63, 3.8) is 0 Å². The number of hydrogen-bond acceptors (Lipinski definition) is 5. The molecule has 0 saturated carbocycles. The maximum atomic E-state index is 12.3. The summed E-state index contributed by atoms with van der Waals surface area (Å²) >= 11 is 0. The molecule has 1 unspecified atom stereocenters. The van der Waals surface area contributed by atoms with Gasteiger partial charge in [0.25, 0.3) is 0 Å². The molecule has 2 aromatic rings. The molecule has 1 aromatic heterocycles. The first kappa shape index (κ1) is 18.9. The number of carbonyl (C=O) groups is 1. The lowest BCUT2D eigenvalue weighted by Crippen LogP contribution is -2.40. The topological polar surface area (TPSA) is 95.6 Å². The zero-order chi connectivity index (χ0) is 19.1. The molecule has 1 fully saturated rings. The fourth-order valence-corrected chi connectivity index (χ4v) is 3.15. The fourth-order valence-electron chi connectivity index (χ4n) is 3.15. The van der Waals surface area contributed by atoms with Crippen molar-refractivity contribution in [3.05, 3.63) is 47.6 Å². The van der Waals surface area contributed by atoms with Crippen molar-refractivity contribution in [2.45, 2.75) is 26.3 Å². The van der Waals surface area contributed by atoms with Crippen molar-refractivity contribution >= 4 is 11.9 Å². The molecule has 8 heteroatoms. The van der Waals surface area contributed by atoms with Crippen LogP contribution in [0, 0.1) is 12.8 Å². The first-order valence-electron chi connectivity index (χ1n) is 9.19. The number of aryl methyl sites for hydroxylation is 1. The van der Waals surface area contributed by atoms with Gasteiger partial charge in [-0.2, -0.15) is 4.98 Å². The summed E-state index contributed by atoms with van der Waals surface area (Å²) in [5.74, 6) is 2.28. The molecule has 27 heavy (non-hydrogen) atoms. The van der Waals surface area contributed by atoms with Gasteiger partial charge in [-0.25, -0.2) is 0 Å². The highest BCUT2D eigenvalue weighted by atomic mass is 16.5. The maximum Gasteiger partial charge on any atom is 0.223 e. The van der Waals surface area contributed by atoms with Crippen LogP contribution in [0.1, 0.15) is 23.7 Å². The maximum absolute atomic E-state index is 12.3. The Hall–Kier alpha value is -2.90. The second-order valence-electron chi connectivity index (χ2n) is 6.68. The van der Waals surface area contributed by atoms with Crippen molar-refractivity contribution in [2.75, 3.05) is 26.7 Å². The fraction of sp³-hybridized carbons (Fsp3) is 0.474. The predicted octanol–water partition coefficient (Wildman–Crippen LogP) is 1.13.